The summed E-state index contributed by atoms with van der Waals surface area (Å²) in [7, 11) is 3.70. The molecule has 6 heteroatoms. The van der Waals surface area contributed by atoms with Crippen molar-refractivity contribution in [1.82, 2.24) is 14.9 Å². The van der Waals surface area contributed by atoms with Crippen molar-refractivity contribution in [3.8, 4) is 11.3 Å². The summed E-state index contributed by atoms with van der Waals surface area (Å²) in [5.41, 5.74) is 3.26. The van der Waals surface area contributed by atoms with Crippen LogP contribution < -0.4 is 5.32 Å². The highest BCUT2D eigenvalue weighted by Crippen LogP contribution is 2.48. The second-order valence-corrected chi connectivity index (χ2v) is 8.25. The van der Waals surface area contributed by atoms with Gasteiger partial charge in [-0.2, -0.15) is 0 Å². The number of aromatic nitrogens is 2. The van der Waals surface area contributed by atoms with Crippen LogP contribution in [-0.2, 0) is 11.8 Å². The minimum atomic E-state index is 0.117. The molecule has 0 bridgehead atoms. The molecule has 4 rings (SSSR count). The summed E-state index contributed by atoms with van der Waals surface area (Å²) < 4.78 is 2.03. The molecule has 27 heavy (non-hydrogen) atoms. The Morgan fingerprint density at radius 3 is 2.56 bits per heavy atom. The maximum atomic E-state index is 11.8. The van der Waals surface area contributed by atoms with E-state index in [0.29, 0.717) is 5.92 Å². The number of benzene rings is 2. The number of hydrogen-bond acceptors (Lipinski definition) is 3. The van der Waals surface area contributed by atoms with Gasteiger partial charge in [-0.05, 0) is 42.2 Å². The Bertz CT molecular complexity index is 966. The van der Waals surface area contributed by atoms with Crippen LogP contribution in [-0.4, -0.2) is 22.5 Å². The van der Waals surface area contributed by atoms with E-state index in [1.807, 2.05) is 42.2 Å². The fourth-order valence-electron chi connectivity index (χ4n) is 3.28. The quantitative estimate of drug-likeness (QED) is 0.676. The Kier molecular flexibility index (Phi) is 4.98. The molecule has 1 aliphatic rings. The van der Waals surface area contributed by atoms with Crippen LogP contribution in [0, 0.1) is 5.92 Å². The number of amides is 1. The van der Waals surface area contributed by atoms with Crippen LogP contribution in [0.2, 0.25) is 5.02 Å². The molecule has 1 N–H and O–H groups in total. The van der Waals surface area contributed by atoms with Gasteiger partial charge in [0, 0.05) is 35.5 Å². The van der Waals surface area contributed by atoms with Crippen LogP contribution in [0.25, 0.3) is 11.3 Å². The van der Waals surface area contributed by atoms with Crippen molar-refractivity contribution < 1.29 is 4.79 Å². The maximum absolute atomic E-state index is 11.8. The molecule has 138 valence electrons. The van der Waals surface area contributed by atoms with E-state index in [9.17, 15) is 4.79 Å². The molecular weight excluding hydrogens is 378 g/mol. The summed E-state index contributed by atoms with van der Waals surface area (Å²) in [5.74, 6) is 0.591. The second-order valence-electron chi connectivity index (χ2n) is 6.75. The number of halogens is 1. The molecule has 1 fully saturated rings. The average Bonchev–Trinajstić information content (AvgIpc) is 3.41. The van der Waals surface area contributed by atoms with Crippen LogP contribution >= 0.6 is 23.4 Å². The minimum Gasteiger partial charge on any atom is -0.359 e. The Hall–Kier alpha value is -2.24. The third-order valence-electron chi connectivity index (χ3n) is 4.90. The fourth-order valence-corrected chi connectivity index (χ4v) is 4.36. The van der Waals surface area contributed by atoms with E-state index < -0.39 is 0 Å². The van der Waals surface area contributed by atoms with Gasteiger partial charge in [0.15, 0.2) is 0 Å². The number of aryl methyl sites for hydroxylation is 1. The Morgan fingerprint density at radius 2 is 1.89 bits per heavy atom. The van der Waals surface area contributed by atoms with Crippen LogP contribution in [0.5, 0.6) is 0 Å². The van der Waals surface area contributed by atoms with Crippen molar-refractivity contribution in [3.05, 3.63) is 65.4 Å². The van der Waals surface area contributed by atoms with Crippen molar-refractivity contribution in [2.75, 3.05) is 7.05 Å². The molecule has 0 saturated heterocycles. The molecule has 1 amide bonds. The molecule has 2 aromatic carbocycles. The van der Waals surface area contributed by atoms with Gasteiger partial charge in [0.1, 0.15) is 10.7 Å². The molecule has 0 unspecified atom stereocenters. The van der Waals surface area contributed by atoms with Gasteiger partial charge >= 0.3 is 0 Å². The number of nitrogens with zero attached hydrogens (tertiary/aromatic N) is 2. The average molecular weight is 398 g/mol. The maximum Gasteiger partial charge on any atom is 0.223 e. The van der Waals surface area contributed by atoms with Gasteiger partial charge in [-0.1, -0.05) is 47.6 Å². The number of imidazole rings is 1. The molecule has 4 nitrogen and oxygen atoms in total. The van der Waals surface area contributed by atoms with Gasteiger partial charge in [0.05, 0.1) is 6.33 Å². The summed E-state index contributed by atoms with van der Waals surface area (Å²) in [5, 5.41) is 4.55. The lowest BCUT2D eigenvalue weighted by atomic mass is 10.1. The third kappa shape index (κ3) is 3.75. The van der Waals surface area contributed by atoms with E-state index in [-0.39, 0.29) is 11.8 Å². The predicted octanol–water partition coefficient (Wildman–Crippen LogP) is 4.74. The first kappa shape index (κ1) is 18.1. The van der Waals surface area contributed by atoms with Gasteiger partial charge in [-0.3, -0.25) is 4.79 Å². The molecule has 0 aliphatic heterocycles. The van der Waals surface area contributed by atoms with E-state index in [4.69, 9.17) is 11.6 Å². The van der Waals surface area contributed by atoms with Crippen LogP contribution in [0.15, 0.2) is 64.8 Å². The van der Waals surface area contributed by atoms with Crippen molar-refractivity contribution in [1.29, 1.82) is 0 Å². The van der Waals surface area contributed by atoms with E-state index in [1.54, 1.807) is 18.8 Å². The lowest BCUT2D eigenvalue weighted by Crippen LogP contribution is -2.20. The number of nitrogens with one attached hydrogen (secondary N) is 1. The van der Waals surface area contributed by atoms with Crippen LogP contribution in [0.1, 0.15) is 17.9 Å². The van der Waals surface area contributed by atoms with E-state index in [1.165, 1.54) is 5.56 Å². The molecular formula is C21H20ClN3OS. The highest BCUT2D eigenvalue weighted by Gasteiger charge is 2.43. The number of hydrogen-bond donors (Lipinski definition) is 1. The number of rotatable bonds is 5. The summed E-state index contributed by atoms with van der Waals surface area (Å²) >= 11 is 7.65. The molecule has 3 aromatic rings. The Labute approximate surface area is 168 Å². The van der Waals surface area contributed by atoms with Gasteiger partial charge < -0.3 is 9.88 Å². The second kappa shape index (κ2) is 7.41. The SMILES string of the molecule is CNC(=O)[C@H]1C[C@@H]1c1ccc(-c2ncn(C)c2Sc2ccc(Cl)cc2)cc1. The van der Waals surface area contributed by atoms with Crippen LogP contribution in [0.4, 0.5) is 0 Å². The van der Waals surface area contributed by atoms with Crippen molar-refractivity contribution in [2.45, 2.75) is 22.3 Å². The molecule has 0 radical (unpaired) electrons. The molecule has 1 heterocycles. The van der Waals surface area contributed by atoms with Gasteiger partial charge in [-0.25, -0.2) is 4.98 Å². The molecule has 0 spiro atoms. The normalized spacial score (nSPS) is 18.3. The first-order valence-electron chi connectivity index (χ1n) is 8.83. The van der Waals surface area contributed by atoms with Crippen molar-refractivity contribution in [3.63, 3.8) is 0 Å². The van der Waals surface area contributed by atoms with E-state index in [2.05, 4.69) is 34.6 Å². The number of carbonyl (C=O) groups excluding carboxylic acids is 1. The standard InChI is InChI=1S/C21H20ClN3OS/c1-23-20(26)18-11-17(18)13-3-5-14(6-4-13)19-21(25(2)12-24-19)27-16-9-7-15(22)8-10-16/h3-10,12,17-18H,11H2,1-2H3,(H,23,26)/t17-,18+/m1/s1. The zero-order valence-corrected chi connectivity index (χ0v) is 16.7. The lowest BCUT2D eigenvalue weighted by Gasteiger charge is -2.07. The van der Waals surface area contributed by atoms with Crippen molar-refractivity contribution >= 4 is 29.3 Å². The first-order chi connectivity index (χ1) is 13.1. The Balaban J connectivity index is 1.56. The van der Waals surface area contributed by atoms with E-state index in [0.717, 1.165) is 32.6 Å². The lowest BCUT2D eigenvalue weighted by molar-refractivity contribution is -0.121. The zero-order chi connectivity index (χ0) is 19.0. The molecule has 1 aliphatic carbocycles. The highest BCUT2D eigenvalue weighted by atomic mass is 35.5. The minimum absolute atomic E-state index is 0.117. The Morgan fingerprint density at radius 1 is 1.19 bits per heavy atom. The monoisotopic (exact) mass is 397 g/mol. The smallest absolute Gasteiger partial charge is 0.223 e. The summed E-state index contributed by atoms with van der Waals surface area (Å²) in [4.78, 5) is 17.5. The third-order valence-corrected chi connectivity index (χ3v) is 6.33. The van der Waals surface area contributed by atoms with Gasteiger partial charge in [0.25, 0.3) is 0 Å². The van der Waals surface area contributed by atoms with Gasteiger partial charge in [0.2, 0.25) is 5.91 Å². The first-order valence-corrected chi connectivity index (χ1v) is 10.0. The topological polar surface area (TPSA) is 46.9 Å². The summed E-state index contributed by atoms with van der Waals surface area (Å²) in [6.07, 6.45) is 2.77. The predicted molar refractivity (Wildman–Crippen MR) is 109 cm³/mol. The van der Waals surface area contributed by atoms with E-state index >= 15 is 0 Å². The molecule has 1 saturated carbocycles. The molecule has 2 atom stereocenters. The summed E-state index contributed by atoms with van der Waals surface area (Å²) in [6.45, 7) is 0. The zero-order valence-electron chi connectivity index (χ0n) is 15.1. The highest BCUT2D eigenvalue weighted by molar-refractivity contribution is 7.99. The van der Waals surface area contributed by atoms with Crippen LogP contribution in [0.3, 0.4) is 0 Å². The van der Waals surface area contributed by atoms with Crippen molar-refractivity contribution in [2.24, 2.45) is 13.0 Å². The molecule has 1 aromatic heterocycles. The largest absolute Gasteiger partial charge is 0.359 e. The fraction of sp³-hybridized carbons (Fsp3) is 0.238. The number of carbonyl (C=O) groups is 1. The summed E-state index contributed by atoms with van der Waals surface area (Å²) in [6, 6.07) is 16.3. The van der Waals surface area contributed by atoms with Gasteiger partial charge in [-0.15, -0.1) is 0 Å².